The van der Waals surface area contributed by atoms with Crippen LogP contribution in [0, 0.1) is 0 Å². The lowest BCUT2D eigenvalue weighted by Crippen LogP contribution is -2.43. The molecule has 1 saturated heterocycles. The van der Waals surface area contributed by atoms with Crippen LogP contribution in [-0.4, -0.2) is 44.2 Å². The molecule has 1 aromatic carbocycles. The molecule has 1 heterocycles. The van der Waals surface area contributed by atoms with Gasteiger partial charge in [-0.05, 0) is 38.2 Å². The molecule has 94 valence electrons. The third-order valence-electron chi connectivity index (χ3n) is 3.44. The summed E-state index contributed by atoms with van der Waals surface area (Å²) < 4.78 is 1.14. The Hall–Kier alpha value is -0.580. The summed E-state index contributed by atoms with van der Waals surface area (Å²) in [5.74, 6) is 0. The number of hydrogen-bond donors (Lipinski definition) is 1. The van der Waals surface area contributed by atoms with Gasteiger partial charge in [0.25, 0.3) is 0 Å². The summed E-state index contributed by atoms with van der Waals surface area (Å²) in [6.07, 6.45) is 1.19. The van der Waals surface area contributed by atoms with Crippen molar-refractivity contribution in [1.82, 2.24) is 4.90 Å². The van der Waals surface area contributed by atoms with Gasteiger partial charge in [0.05, 0.1) is 0 Å². The highest BCUT2D eigenvalue weighted by molar-refractivity contribution is 9.10. The largest absolute Gasteiger partial charge is 0.370 e. The van der Waals surface area contributed by atoms with Crippen LogP contribution < -0.4 is 10.6 Å². The first-order valence-corrected chi connectivity index (χ1v) is 6.91. The molecule has 2 rings (SSSR count). The second-order valence-corrected chi connectivity index (χ2v) is 5.57. The summed E-state index contributed by atoms with van der Waals surface area (Å²) in [7, 11) is 2.17. The van der Waals surface area contributed by atoms with Gasteiger partial charge in [0.15, 0.2) is 0 Å². The topological polar surface area (TPSA) is 32.5 Å². The van der Waals surface area contributed by atoms with Crippen LogP contribution in [-0.2, 0) is 0 Å². The zero-order valence-corrected chi connectivity index (χ0v) is 11.9. The number of nitrogens with zero attached hydrogens (tertiary/aromatic N) is 2. The van der Waals surface area contributed by atoms with E-state index in [0.717, 1.165) is 30.7 Å². The Balaban J connectivity index is 2.15. The Morgan fingerprint density at radius 2 is 2.24 bits per heavy atom. The van der Waals surface area contributed by atoms with Gasteiger partial charge < -0.3 is 15.5 Å². The van der Waals surface area contributed by atoms with E-state index in [1.165, 1.54) is 12.1 Å². The lowest BCUT2D eigenvalue weighted by molar-refractivity contribution is 0.266. The first kappa shape index (κ1) is 12.9. The van der Waals surface area contributed by atoms with E-state index in [0.29, 0.717) is 6.04 Å². The quantitative estimate of drug-likeness (QED) is 0.905. The zero-order valence-electron chi connectivity index (χ0n) is 10.3. The van der Waals surface area contributed by atoms with E-state index in [-0.39, 0.29) is 0 Å². The molecule has 0 aliphatic carbocycles. The van der Waals surface area contributed by atoms with Crippen molar-refractivity contribution in [3.63, 3.8) is 0 Å². The maximum Gasteiger partial charge on any atom is 0.0390 e. The third kappa shape index (κ3) is 3.21. The second kappa shape index (κ2) is 5.85. The van der Waals surface area contributed by atoms with Crippen LogP contribution in [0.1, 0.15) is 6.42 Å². The standard InChI is InChI=1S/C13H20BrN3/c1-16-6-3-7-17(10-13(16)9-15)12-5-2-4-11(14)8-12/h2,4-5,8,13H,3,6-7,9-10,15H2,1H3. The van der Waals surface area contributed by atoms with Crippen molar-refractivity contribution in [2.24, 2.45) is 5.73 Å². The SMILES string of the molecule is CN1CCCN(c2cccc(Br)c2)CC1CN. The lowest BCUT2D eigenvalue weighted by Gasteiger charge is -2.29. The highest BCUT2D eigenvalue weighted by Gasteiger charge is 2.21. The Morgan fingerprint density at radius 1 is 1.41 bits per heavy atom. The van der Waals surface area contributed by atoms with Crippen molar-refractivity contribution in [2.45, 2.75) is 12.5 Å². The summed E-state index contributed by atoms with van der Waals surface area (Å²) in [6.45, 7) is 3.98. The summed E-state index contributed by atoms with van der Waals surface area (Å²) >= 11 is 3.53. The first-order valence-electron chi connectivity index (χ1n) is 6.11. The van der Waals surface area contributed by atoms with E-state index in [9.17, 15) is 0 Å². The minimum atomic E-state index is 0.455. The number of halogens is 1. The Morgan fingerprint density at radius 3 is 2.94 bits per heavy atom. The number of benzene rings is 1. The van der Waals surface area contributed by atoms with Gasteiger partial charge in [-0.3, -0.25) is 0 Å². The smallest absolute Gasteiger partial charge is 0.0390 e. The van der Waals surface area contributed by atoms with E-state index in [1.807, 2.05) is 0 Å². The van der Waals surface area contributed by atoms with Crippen LogP contribution in [0.25, 0.3) is 0 Å². The molecule has 0 spiro atoms. The number of likely N-dealkylation sites (N-methyl/N-ethyl adjacent to an activating group) is 1. The van der Waals surface area contributed by atoms with E-state index in [1.54, 1.807) is 0 Å². The molecule has 1 aliphatic rings. The second-order valence-electron chi connectivity index (χ2n) is 4.65. The fourth-order valence-corrected chi connectivity index (χ4v) is 2.73. The van der Waals surface area contributed by atoms with Gasteiger partial charge in [0.1, 0.15) is 0 Å². The zero-order chi connectivity index (χ0) is 12.3. The van der Waals surface area contributed by atoms with Crippen LogP contribution >= 0.6 is 15.9 Å². The molecule has 1 aromatic rings. The lowest BCUT2D eigenvalue weighted by atomic mass is 10.2. The molecule has 1 fully saturated rings. The maximum absolute atomic E-state index is 5.86. The molecule has 1 aliphatic heterocycles. The molecule has 17 heavy (non-hydrogen) atoms. The summed E-state index contributed by atoms with van der Waals surface area (Å²) in [6, 6.07) is 8.96. The highest BCUT2D eigenvalue weighted by Crippen LogP contribution is 2.22. The summed E-state index contributed by atoms with van der Waals surface area (Å²) in [5, 5.41) is 0. The Bertz CT molecular complexity index is 369. The number of anilines is 1. The number of hydrogen-bond acceptors (Lipinski definition) is 3. The van der Waals surface area contributed by atoms with Gasteiger partial charge in [-0.2, -0.15) is 0 Å². The minimum Gasteiger partial charge on any atom is -0.370 e. The van der Waals surface area contributed by atoms with Crippen molar-refractivity contribution in [1.29, 1.82) is 0 Å². The van der Waals surface area contributed by atoms with E-state index >= 15 is 0 Å². The van der Waals surface area contributed by atoms with Crippen LogP contribution in [0.5, 0.6) is 0 Å². The molecule has 3 nitrogen and oxygen atoms in total. The van der Waals surface area contributed by atoms with Gasteiger partial charge in [-0.1, -0.05) is 22.0 Å². The van der Waals surface area contributed by atoms with E-state index in [2.05, 4.69) is 57.0 Å². The molecule has 4 heteroatoms. The van der Waals surface area contributed by atoms with Crippen molar-refractivity contribution >= 4 is 21.6 Å². The molecule has 1 unspecified atom stereocenters. The van der Waals surface area contributed by atoms with Gasteiger partial charge in [-0.25, -0.2) is 0 Å². The fraction of sp³-hybridized carbons (Fsp3) is 0.538. The van der Waals surface area contributed by atoms with Crippen LogP contribution in [0.15, 0.2) is 28.7 Å². The minimum absolute atomic E-state index is 0.455. The molecular weight excluding hydrogens is 278 g/mol. The Labute approximate surface area is 112 Å². The summed E-state index contributed by atoms with van der Waals surface area (Å²) in [4.78, 5) is 4.81. The van der Waals surface area contributed by atoms with Gasteiger partial charge in [0, 0.05) is 35.8 Å². The first-order chi connectivity index (χ1) is 8.20. The fourth-order valence-electron chi connectivity index (χ4n) is 2.34. The van der Waals surface area contributed by atoms with E-state index < -0.39 is 0 Å². The predicted molar refractivity (Wildman–Crippen MR) is 76.4 cm³/mol. The normalized spacial score (nSPS) is 22.5. The summed E-state index contributed by atoms with van der Waals surface area (Å²) in [5.41, 5.74) is 7.14. The van der Waals surface area contributed by atoms with Crippen molar-refractivity contribution in [3.8, 4) is 0 Å². The van der Waals surface area contributed by atoms with Crippen molar-refractivity contribution < 1.29 is 0 Å². The molecule has 0 bridgehead atoms. The van der Waals surface area contributed by atoms with Gasteiger partial charge >= 0.3 is 0 Å². The monoisotopic (exact) mass is 297 g/mol. The van der Waals surface area contributed by atoms with Gasteiger partial charge in [-0.15, -0.1) is 0 Å². The van der Waals surface area contributed by atoms with Gasteiger partial charge in [0.2, 0.25) is 0 Å². The number of nitrogens with two attached hydrogens (primary N) is 1. The van der Waals surface area contributed by atoms with Crippen molar-refractivity contribution in [2.75, 3.05) is 38.1 Å². The van der Waals surface area contributed by atoms with Crippen LogP contribution in [0.2, 0.25) is 0 Å². The number of rotatable bonds is 2. The molecule has 0 radical (unpaired) electrons. The maximum atomic E-state index is 5.86. The predicted octanol–water partition coefficient (Wildman–Crippen LogP) is 1.92. The Kier molecular flexibility index (Phi) is 4.42. The molecular formula is C13H20BrN3. The van der Waals surface area contributed by atoms with Crippen LogP contribution in [0.4, 0.5) is 5.69 Å². The average Bonchev–Trinajstić information content (AvgIpc) is 2.51. The van der Waals surface area contributed by atoms with Crippen molar-refractivity contribution in [3.05, 3.63) is 28.7 Å². The molecule has 0 aromatic heterocycles. The van der Waals surface area contributed by atoms with Crippen LogP contribution in [0.3, 0.4) is 0 Å². The molecule has 0 amide bonds. The third-order valence-corrected chi connectivity index (χ3v) is 3.93. The molecule has 1 atom stereocenters. The average molecular weight is 298 g/mol. The molecule has 0 saturated carbocycles. The van der Waals surface area contributed by atoms with E-state index in [4.69, 9.17) is 5.73 Å². The molecule has 2 N–H and O–H groups in total. The highest BCUT2D eigenvalue weighted by atomic mass is 79.9.